The fourth-order valence-corrected chi connectivity index (χ4v) is 10.7. The molecule has 0 N–H and O–H groups in total. The van der Waals surface area contributed by atoms with Crippen molar-refractivity contribution in [1.82, 2.24) is 19.5 Å². The van der Waals surface area contributed by atoms with Crippen molar-refractivity contribution in [3.05, 3.63) is 182 Å². The number of nitrogens with zero attached hydrogens (tertiary/aromatic N) is 4. The van der Waals surface area contributed by atoms with Crippen LogP contribution < -0.4 is 0 Å². The van der Waals surface area contributed by atoms with Crippen molar-refractivity contribution in [2.24, 2.45) is 0 Å². The lowest BCUT2D eigenvalue weighted by molar-refractivity contribution is 1.08. The van der Waals surface area contributed by atoms with Gasteiger partial charge in [0, 0.05) is 73.5 Å². The summed E-state index contributed by atoms with van der Waals surface area (Å²) in [7, 11) is 0. The number of rotatable bonds is 5. The van der Waals surface area contributed by atoms with E-state index in [1.54, 1.807) is 0 Å². The molecule has 0 saturated heterocycles. The van der Waals surface area contributed by atoms with Crippen LogP contribution in [0.5, 0.6) is 0 Å². The van der Waals surface area contributed by atoms with E-state index >= 15 is 0 Å². The van der Waals surface area contributed by atoms with E-state index in [0.29, 0.717) is 17.5 Å². The maximum Gasteiger partial charge on any atom is 0.164 e. The van der Waals surface area contributed by atoms with E-state index in [0.717, 1.165) is 22.4 Å². The Morgan fingerprint density at radius 3 is 1.65 bits per heavy atom. The molecule has 4 aromatic heterocycles. The van der Waals surface area contributed by atoms with Gasteiger partial charge in [-0.05, 0) is 83.9 Å². The van der Waals surface area contributed by atoms with Crippen molar-refractivity contribution in [2.45, 2.75) is 0 Å². The van der Waals surface area contributed by atoms with Crippen LogP contribution in [0.2, 0.25) is 0 Å². The summed E-state index contributed by atoms with van der Waals surface area (Å²) in [6, 6.07) is 65.0. The molecule has 0 bridgehead atoms. The summed E-state index contributed by atoms with van der Waals surface area (Å²) in [5.74, 6) is 1.98. The maximum absolute atomic E-state index is 5.17. The Bertz CT molecular complexity index is 3530. The highest BCUT2D eigenvalue weighted by atomic mass is 32.1. The lowest BCUT2D eigenvalue weighted by Crippen LogP contribution is -2.00. The van der Waals surface area contributed by atoms with Gasteiger partial charge in [0.05, 0.1) is 11.0 Å². The van der Waals surface area contributed by atoms with Crippen LogP contribution in [0, 0.1) is 0 Å². The van der Waals surface area contributed by atoms with Crippen LogP contribution in [0.3, 0.4) is 0 Å². The van der Waals surface area contributed by atoms with Crippen LogP contribution in [0.25, 0.3) is 113 Å². The highest BCUT2D eigenvalue weighted by molar-refractivity contribution is 7.26. The summed E-state index contributed by atoms with van der Waals surface area (Å²) in [5, 5.41) is 7.41. The van der Waals surface area contributed by atoms with Gasteiger partial charge in [0.15, 0.2) is 17.5 Å². The predicted octanol–water partition coefficient (Wildman–Crippen LogP) is 14.4. The van der Waals surface area contributed by atoms with Crippen molar-refractivity contribution in [3.8, 4) is 51.0 Å². The van der Waals surface area contributed by atoms with Crippen molar-refractivity contribution >= 4 is 84.8 Å². The molecule has 0 aliphatic rings. The monoisotopic (exact) mass is 762 g/mol. The molecule has 0 amide bonds. The Morgan fingerprint density at radius 1 is 0.333 bits per heavy atom. The third kappa shape index (κ3) is 5.22. The molecule has 0 radical (unpaired) electrons. The van der Waals surface area contributed by atoms with Crippen LogP contribution in [0.1, 0.15) is 0 Å². The van der Waals surface area contributed by atoms with E-state index in [1.807, 2.05) is 40.9 Å². The first-order valence-corrected chi connectivity index (χ1v) is 20.6. The topological polar surface area (TPSA) is 43.6 Å². The molecule has 12 rings (SSSR count). The lowest BCUT2D eigenvalue weighted by Gasteiger charge is -2.09. The molecule has 6 heteroatoms. The number of hydrogen-bond acceptors (Lipinski definition) is 5. The second-order valence-electron chi connectivity index (χ2n) is 14.4. The SMILES string of the molecule is c1ccc(-c2nc(-c3ccc4sc5ccccc5c4c3)nc(-c3ccc4sc5c(-c6ccc7c(c6)c6ccccc6n7-c6ccccc6)cccc5c4c3)n2)cc1. The zero-order valence-corrected chi connectivity index (χ0v) is 32.1. The molecule has 0 unspecified atom stereocenters. The standard InChI is InChI=1S/C51H30N4S2/c1-3-12-31(13-4-1)49-52-50(33-23-26-46-41(29-33)38-17-8-10-21-45(38)56-46)54-51(53-49)34-24-27-47-42(30-34)39-19-11-18-36(48(39)57-47)32-22-25-44-40(28-32)37-16-7-9-20-43(37)55(44)35-14-5-2-6-15-35/h1-30H. The third-order valence-corrected chi connectivity index (χ3v) is 13.4. The zero-order valence-electron chi connectivity index (χ0n) is 30.4. The van der Waals surface area contributed by atoms with E-state index in [1.165, 1.54) is 73.3 Å². The van der Waals surface area contributed by atoms with E-state index in [9.17, 15) is 0 Å². The largest absolute Gasteiger partial charge is 0.309 e. The Labute approximate surface area is 335 Å². The molecule has 0 aliphatic carbocycles. The van der Waals surface area contributed by atoms with E-state index in [2.05, 4.69) is 168 Å². The first kappa shape index (κ1) is 32.3. The third-order valence-electron chi connectivity index (χ3n) is 11.1. The predicted molar refractivity (Wildman–Crippen MR) is 242 cm³/mol. The van der Waals surface area contributed by atoms with Gasteiger partial charge >= 0.3 is 0 Å². The van der Waals surface area contributed by atoms with Gasteiger partial charge in [0.2, 0.25) is 0 Å². The molecular weight excluding hydrogens is 733 g/mol. The van der Waals surface area contributed by atoms with Gasteiger partial charge in [0.1, 0.15) is 0 Å². The van der Waals surface area contributed by atoms with Crippen molar-refractivity contribution in [3.63, 3.8) is 0 Å². The van der Waals surface area contributed by atoms with Crippen molar-refractivity contribution < 1.29 is 0 Å². The number of aromatic nitrogens is 4. The molecule has 4 heterocycles. The Hall–Kier alpha value is -6.99. The summed E-state index contributed by atoms with van der Waals surface area (Å²) in [4.78, 5) is 15.3. The normalized spacial score (nSPS) is 11.9. The maximum atomic E-state index is 5.17. The molecule has 0 saturated carbocycles. The van der Waals surface area contributed by atoms with Crippen molar-refractivity contribution in [1.29, 1.82) is 0 Å². The van der Waals surface area contributed by atoms with Crippen molar-refractivity contribution in [2.75, 3.05) is 0 Å². The van der Waals surface area contributed by atoms with Crippen LogP contribution in [0.15, 0.2) is 182 Å². The summed E-state index contributed by atoms with van der Waals surface area (Å²) >= 11 is 3.66. The average molecular weight is 763 g/mol. The molecular formula is C51H30N4S2. The Balaban J connectivity index is 1.00. The van der Waals surface area contributed by atoms with Gasteiger partial charge in [-0.2, -0.15) is 0 Å². The summed E-state index contributed by atoms with van der Waals surface area (Å²) < 4.78 is 7.41. The van der Waals surface area contributed by atoms with E-state index < -0.39 is 0 Å². The molecule has 4 nitrogen and oxygen atoms in total. The van der Waals surface area contributed by atoms with Gasteiger partial charge in [0.25, 0.3) is 0 Å². The number of thiophene rings is 2. The molecule has 0 spiro atoms. The van der Waals surface area contributed by atoms with Crippen LogP contribution in [-0.4, -0.2) is 19.5 Å². The van der Waals surface area contributed by atoms with Gasteiger partial charge in [-0.3, -0.25) is 0 Å². The van der Waals surface area contributed by atoms with Gasteiger partial charge in [-0.25, -0.2) is 15.0 Å². The minimum Gasteiger partial charge on any atom is -0.309 e. The van der Waals surface area contributed by atoms with Crippen LogP contribution >= 0.6 is 22.7 Å². The van der Waals surface area contributed by atoms with Gasteiger partial charge < -0.3 is 4.57 Å². The smallest absolute Gasteiger partial charge is 0.164 e. The van der Waals surface area contributed by atoms with Gasteiger partial charge in [-0.15, -0.1) is 22.7 Å². The number of para-hydroxylation sites is 2. The van der Waals surface area contributed by atoms with Gasteiger partial charge in [-0.1, -0.05) is 109 Å². The molecule has 0 aliphatic heterocycles. The molecule has 12 aromatic rings. The van der Waals surface area contributed by atoms with Crippen LogP contribution in [0.4, 0.5) is 0 Å². The summed E-state index contributed by atoms with van der Waals surface area (Å²) in [5.41, 5.74) is 8.92. The Morgan fingerprint density at radius 2 is 0.877 bits per heavy atom. The Kier molecular flexibility index (Phi) is 7.24. The zero-order chi connectivity index (χ0) is 37.5. The fraction of sp³-hybridized carbons (Fsp3) is 0. The minimum absolute atomic E-state index is 0.659. The molecule has 266 valence electrons. The second-order valence-corrected chi connectivity index (χ2v) is 16.5. The fourth-order valence-electron chi connectivity index (χ4n) is 8.38. The number of benzene rings is 8. The average Bonchev–Trinajstić information content (AvgIpc) is 3.95. The van der Waals surface area contributed by atoms with E-state index in [4.69, 9.17) is 15.0 Å². The quantitative estimate of drug-likeness (QED) is 0.175. The first-order chi connectivity index (χ1) is 28.2. The second kappa shape index (κ2) is 12.8. The highest BCUT2D eigenvalue weighted by Crippen LogP contribution is 2.43. The number of fused-ring (bicyclic) bond motifs is 9. The molecule has 57 heavy (non-hydrogen) atoms. The minimum atomic E-state index is 0.659. The lowest BCUT2D eigenvalue weighted by atomic mass is 10.00. The molecule has 8 aromatic carbocycles. The molecule has 0 fully saturated rings. The first-order valence-electron chi connectivity index (χ1n) is 19.0. The summed E-state index contributed by atoms with van der Waals surface area (Å²) in [6.45, 7) is 0. The number of hydrogen-bond donors (Lipinski definition) is 0. The van der Waals surface area contributed by atoms with Crippen LogP contribution in [-0.2, 0) is 0 Å². The summed E-state index contributed by atoms with van der Waals surface area (Å²) in [6.07, 6.45) is 0. The molecule has 0 atom stereocenters. The van der Waals surface area contributed by atoms with E-state index in [-0.39, 0.29) is 0 Å². The highest BCUT2D eigenvalue weighted by Gasteiger charge is 2.18.